The molecule has 2 atom stereocenters. The van der Waals surface area contributed by atoms with Crippen LogP contribution in [0.5, 0.6) is 11.5 Å². The van der Waals surface area contributed by atoms with Gasteiger partial charge in [0.2, 0.25) is 0 Å². The van der Waals surface area contributed by atoms with Crippen molar-refractivity contribution in [3.05, 3.63) is 83.4 Å². The Morgan fingerprint density at radius 2 is 1.50 bits per heavy atom. The lowest BCUT2D eigenvalue weighted by atomic mass is 9.98. The summed E-state index contributed by atoms with van der Waals surface area (Å²) < 4.78 is 21.8. The second kappa shape index (κ2) is 13.6. The highest BCUT2D eigenvalue weighted by atomic mass is 16.6. The minimum absolute atomic E-state index is 0.00559. The molecule has 0 spiro atoms. The first-order valence-corrected chi connectivity index (χ1v) is 14.7. The van der Waals surface area contributed by atoms with Gasteiger partial charge in [0.15, 0.2) is 23.3 Å². The van der Waals surface area contributed by atoms with E-state index in [-0.39, 0.29) is 24.7 Å². The van der Waals surface area contributed by atoms with Crippen LogP contribution in [0.2, 0.25) is 0 Å². The molecule has 5 rings (SSSR count). The summed E-state index contributed by atoms with van der Waals surface area (Å²) in [6, 6.07) is 17.6. The number of hydrogen-bond acceptors (Lipinski definition) is 8. The minimum Gasteiger partial charge on any atom is -0.493 e. The zero-order valence-electron chi connectivity index (χ0n) is 25.0. The first-order chi connectivity index (χ1) is 21.3. The Morgan fingerprint density at radius 3 is 2.11 bits per heavy atom. The lowest BCUT2D eigenvalue weighted by molar-refractivity contribution is -0.148. The minimum atomic E-state index is -1.66. The molecule has 0 radical (unpaired) electrons. The first kappa shape index (κ1) is 30.6. The lowest BCUT2D eigenvalue weighted by Crippen LogP contribution is -2.54. The van der Waals surface area contributed by atoms with Gasteiger partial charge in [-0.3, -0.25) is 9.59 Å². The number of carbonyl (C=O) groups excluding carboxylic acids is 4. The molecular weight excluding hydrogens is 564 g/mol. The number of methoxy groups -OCH3 is 1. The molecule has 3 aromatic carbocycles. The van der Waals surface area contributed by atoms with Crippen LogP contribution in [-0.2, 0) is 19.1 Å². The highest BCUT2D eigenvalue weighted by Crippen LogP contribution is 2.44. The standard InChI is InChI=1S/C34H36N2O8/c1-4-42-33(39)30(36-32(38)22-15-16-28(41-3)29(17-22)43-18-21-13-14-21)31(37)20(2)35-34(40)44-19-27-25-11-7-5-9-23(25)24-10-6-8-12-26(24)27/h5-12,15-17,20-21,27,30H,4,13-14,18-19H2,1-3H3,(H,35,40)(H,36,38). The van der Waals surface area contributed by atoms with Crippen LogP contribution in [0.3, 0.4) is 0 Å². The van der Waals surface area contributed by atoms with E-state index >= 15 is 0 Å². The second-order valence-electron chi connectivity index (χ2n) is 10.9. The van der Waals surface area contributed by atoms with Crippen molar-refractivity contribution in [2.75, 3.05) is 26.9 Å². The van der Waals surface area contributed by atoms with Gasteiger partial charge in [0.05, 0.1) is 26.4 Å². The Hall–Kier alpha value is -4.86. The van der Waals surface area contributed by atoms with Crippen molar-refractivity contribution in [1.82, 2.24) is 10.6 Å². The van der Waals surface area contributed by atoms with Crippen LogP contribution in [0.4, 0.5) is 4.79 Å². The highest BCUT2D eigenvalue weighted by Gasteiger charge is 2.35. The van der Waals surface area contributed by atoms with Crippen LogP contribution in [0, 0.1) is 5.92 Å². The SMILES string of the molecule is CCOC(=O)C(NC(=O)c1ccc(OC)c(OCC2CC2)c1)C(=O)C(C)NC(=O)OCC1c2ccccc2-c2ccccc21. The first-order valence-electron chi connectivity index (χ1n) is 14.7. The van der Waals surface area contributed by atoms with Gasteiger partial charge in [0.1, 0.15) is 6.61 Å². The van der Waals surface area contributed by atoms with Gasteiger partial charge >= 0.3 is 12.1 Å². The third kappa shape index (κ3) is 6.85. The summed E-state index contributed by atoms with van der Waals surface area (Å²) in [5.74, 6) is -1.22. The van der Waals surface area contributed by atoms with Gasteiger partial charge < -0.3 is 29.6 Å². The van der Waals surface area contributed by atoms with Crippen LogP contribution in [0.15, 0.2) is 66.7 Å². The Bertz CT molecular complexity index is 1500. The maximum atomic E-state index is 13.4. The van der Waals surface area contributed by atoms with Gasteiger partial charge in [-0.15, -0.1) is 0 Å². The molecule has 0 bridgehead atoms. The number of nitrogens with one attached hydrogen (secondary N) is 2. The van der Waals surface area contributed by atoms with Gasteiger partial charge in [-0.1, -0.05) is 48.5 Å². The molecule has 10 heteroatoms. The van der Waals surface area contributed by atoms with Crippen molar-refractivity contribution in [3.8, 4) is 22.6 Å². The van der Waals surface area contributed by atoms with E-state index in [9.17, 15) is 19.2 Å². The molecule has 1 saturated carbocycles. The van der Waals surface area contributed by atoms with Crippen molar-refractivity contribution in [2.45, 2.75) is 44.7 Å². The van der Waals surface area contributed by atoms with Crippen LogP contribution in [-0.4, -0.2) is 62.8 Å². The van der Waals surface area contributed by atoms with E-state index in [4.69, 9.17) is 18.9 Å². The number of Topliss-reactive ketones (excluding diaryl/α,β-unsaturated/α-hetero) is 1. The normalized spacial score (nSPS) is 14.8. The number of benzene rings is 3. The molecule has 0 aromatic heterocycles. The molecule has 1 fully saturated rings. The maximum absolute atomic E-state index is 13.4. The predicted molar refractivity (Wildman–Crippen MR) is 162 cm³/mol. The van der Waals surface area contributed by atoms with Crippen molar-refractivity contribution < 1.29 is 38.1 Å². The van der Waals surface area contributed by atoms with E-state index < -0.39 is 35.8 Å². The molecule has 2 aliphatic carbocycles. The number of ether oxygens (including phenoxy) is 4. The number of rotatable bonds is 13. The quantitative estimate of drug-likeness (QED) is 0.215. The molecule has 230 valence electrons. The van der Waals surface area contributed by atoms with Gasteiger partial charge in [-0.2, -0.15) is 0 Å². The number of amides is 2. The van der Waals surface area contributed by atoms with Crippen molar-refractivity contribution >= 4 is 23.8 Å². The Morgan fingerprint density at radius 1 is 0.841 bits per heavy atom. The van der Waals surface area contributed by atoms with E-state index in [0.29, 0.717) is 24.0 Å². The smallest absolute Gasteiger partial charge is 0.407 e. The number of carbonyl (C=O) groups is 4. The van der Waals surface area contributed by atoms with Crippen LogP contribution >= 0.6 is 0 Å². The zero-order valence-corrected chi connectivity index (χ0v) is 25.0. The zero-order chi connectivity index (χ0) is 31.2. The second-order valence-corrected chi connectivity index (χ2v) is 10.9. The summed E-state index contributed by atoms with van der Waals surface area (Å²) in [7, 11) is 1.50. The van der Waals surface area contributed by atoms with Gasteiger partial charge in [-0.05, 0) is 73.1 Å². The van der Waals surface area contributed by atoms with E-state index in [1.165, 1.54) is 26.2 Å². The number of ketones is 1. The molecule has 10 nitrogen and oxygen atoms in total. The fraction of sp³-hybridized carbons (Fsp3) is 0.353. The van der Waals surface area contributed by atoms with Crippen LogP contribution in [0.1, 0.15) is 54.1 Å². The molecule has 0 saturated heterocycles. The maximum Gasteiger partial charge on any atom is 0.407 e. The van der Waals surface area contributed by atoms with Gasteiger partial charge in [0, 0.05) is 11.5 Å². The van der Waals surface area contributed by atoms with E-state index in [2.05, 4.69) is 10.6 Å². The molecule has 2 aliphatic rings. The monoisotopic (exact) mass is 600 g/mol. The number of esters is 1. The van der Waals surface area contributed by atoms with Crippen LogP contribution < -0.4 is 20.1 Å². The van der Waals surface area contributed by atoms with Crippen molar-refractivity contribution in [3.63, 3.8) is 0 Å². The predicted octanol–water partition coefficient (Wildman–Crippen LogP) is 4.64. The summed E-state index contributed by atoms with van der Waals surface area (Å²) in [6.07, 6.45) is 1.36. The third-order valence-corrected chi connectivity index (χ3v) is 7.78. The van der Waals surface area contributed by atoms with E-state index in [0.717, 1.165) is 35.1 Å². The fourth-order valence-corrected chi connectivity index (χ4v) is 5.25. The summed E-state index contributed by atoms with van der Waals surface area (Å²) in [6.45, 7) is 3.56. The number of hydrogen-bond donors (Lipinski definition) is 2. The Labute approximate surface area is 256 Å². The molecule has 0 aliphatic heterocycles. The fourth-order valence-electron chi connectivity index (χ4n) is 5.25. The van der Waals surface area contributed by atoms with Gasteiger partial charge in [0.25, 0.3) is 5.91 Å². The molecule has 2 unspecified atom stereocenters. The summed E-state index contributed by atoms with van der Waals surface area (Å²) in [5, 5.41) is 4.95. The molecule has 0 heterocycles. The summed E-state index contributed by atoms with van der Waals surface area (Å²) >= 11 is 0. The average Bonchev–Trinajstić information content (AvgIpc) is 3.82. The highest BCUT2D eigenvalue weighted by molar-refractivity contribution is 6.10. The number of alkyl carbamates (subject to hydrolysis) is 1. The lowest BCUT2D eigenvalue weighted by Gasteiger charge is -2.21. The van der Waals surface area contributed by atoms with Crippen molar-refractivity contribution in [2.24, 2.45) is 5.92 Å². The molecule has 3 aromatic rings. The number of fused-ring (bicyclic) bond motifs is 3. The largest absolute Gasteiger partial charge is 0.493 e. The Kier molecular flexibility index (Phi) is 9.47. The van der Waals surface area contributed by atoms with Crippen molar-refractivity contribution in [1.29, 1.82) is 0 Å². The molecule has 2 N–H and O–H groups in total. The topological polar surface area (TPSA) is 129 Å². The average molecular weight is 601 g/mol. The summed E-state index contributed by atoms with van der Waals surface area (Å²) in [5.41, 5.74) is 4.45. The Balaban J connectivity index is 1.23. The molecular formula is C34H36N2O8. The van der Waals surface area contributed by atoms with E-state index in [1.54, 1.807) is 13.0 Å². The molecule has 2 amide bonds. The van der Waals surface area contributed by atoms with Crippen LogP contribution in [0.25, 0.3) is 11.1 Å². The molecule has 44 heavy (non-hydrogen) atoms. The summed E-state index contributed by atoms with van der Waals surface area (Å²) in [4.78, 5) is 52.1. The third-order valence-electron chi connectivity index (χ3n) is 7.78. The van der Waals surface area contributed by atoms with Gasteiger partial charge in [-0.25, -0.2) is 9.59 Å². The van der Waals surface area contributed by atoms with E-state index in [1.807, 2.05) is 48.5 Å².